The quantitative estimate of drug-likeness (QED) is 0.786. The highest BCUT2D eigenvalue weighted by Gasteiger charge is 2.09. The van der Waals surface area contributed by atoms with Gasteiger partial charge in [0.25, 0.3) is 5.91 Å². The summed E-state index contributed by atoms with van der Waals surface area (Å²) in [6, 6.07) is 14.0. The van der Waals surface area contributed by atoms with Crippen molar-refractivity contribution in [1.82, 2.24) is 0 Å². The fraction of sp³-hybridized carbons (Fsp3) is 0.263. The van der Waals surface area contributed by atoms with Gasteiger partial charge in [0.15, 0.2) is 0 Å². The number of hydrogen-bond donors (Lipinski definition) is 1. The molecule has 1 N–H and O–H groups in total. The number of ether oxygens (including phenoxy) is 2. The van der Waals surface area contributed by atoms with Crippen LogP contribution in [0.1, 0.15) is 17.3 Å². The number of benzene rings is 2. The van der Waals surface area contributed by atoms with Crippen LogP contribution in [0.2, 0.25) is 0 Å². The molecule has 0 radical (unpaired) electrons. The van der Waals surface area contributed by atoms with E-state index >= 15 is 0 Å². The van der Waals surface area contributed by atoms with Crippen LogP contribution < -0.4 is 15.0 Å². The zero-order chi connectivity index (χ0) is 18.2. The number of amides is 2. The first kappa shape index (κ1) is 18.5. The average molecular weight is 342 g/mol. The van der Waals surface area contributed by atoms with Crippen LogP contribution in [0.4, 0.5) is 11.4 Å². The van der Waals surface area contributed by atoms with Gasteiger partial charge in [-0.05, 0) is 42.5 Å². The summed E-state index contributed by atoms with van der Waals surface area (Å²) < 4.78 is 10.4. The molecule has 0 bridgehead atoms. The van der Waals surface area contributed by atoms with E-state index in [1.54, 1.807) is 56.6 Å². The number of anilines is 2. The molecular formula is C19H22N2O4. The van der Waals surface area contributed by atoms with Gasteiger partial charge in [0.2, 0.25) is 5.91 Å². The largest absolute Gasteiger partial charge is 0.491 e. The minimum atomic E-state index is -0.230. The first-order chi connectivity index (χ1) is 12.0. The molecule has 132 valence electrons. The topological polar surface area (TPSA) is 67.9 Å². The van der Waals surface area contributed by atoms with Gasteiger partial charge >= 0.3 is 0 Å². The van der Waals surface area contributed by atoms with E-state index in [0.717, 1.165) is 0 Å². The van der Waals surface area contributed by atoms with Crippen LogP contribution in [0.25, 0.3) is 0 Å². The summed E-state index contributed by atoms with van der Waals surface area (Å²) in [6.45, 7) is 2.45. The summed E-state index contributed by atoms with van der Waals surface area (Å²) >= 11 is 0. The van der Waals surface area contributed by atoms with Gasteiger partial charge < -0.3 is 19.7 Å². The van der Waals surface area contributed by atoms with E-state index in [1.165, 1.54) is 11.8 Å². The highest BCUT2D eigenvalue weighted by Crippen LogP contribution is 2.20. The summed E-state index contributed by atoms with van der Waals surface area (Å²) in [5, 5.41) is 2.83. The number of methoxy groups -OCH3 is 1. The van der Waals surface area contributed by atoms with E-state index < -0.39 is 0 Å². The molecule has 6 nitrogen and oxygen atoms in total. The van der Waals surface area contributed by atoms with E-state index in [1.807, 2.05) is 6.07 Å². The number of hydrogen-bond acceptors (Lipinski definition) is 4. The monoisotopic (exact) mass is 342 g/mol. The lowest BCUT2D eigenvalue weighted by Crippen LogP contribution is -2.23. The summed E-state index contributed by atoms with van der Waals surface area (Å²) in [6.07, 6.45) is 0. The van der Waals surface area contributed by atoms with Crippen LogP contribution in [0.15, 0.2) is 48.5 Å². The second kappa shape index (κ2) is 8.84. The Bertz CT molecular complexity index is 728. The Labute approximate surface area is 147 Å². The molecule has 0 aliphatic rings. The van der Waals surface area contributed by atoms with Crippen LogP contribution >= 0.6 is 0 Å². The SMILES string of the molecule is COCCOc1ccc(C(=O)Nc2cccc(N(C)C(C)=O)c2)cc1. The molecule has 2 amide bonds. The van der Waals surface area contributed by atoms with Crippen molar-refractivity contribution < 1.29 is 19.1 Å². The van der Waals surface area contributed by atoms with Gasteiger partial charge in [-0.2, -0.15) is 0 Å². The smallest absolute Gasteiger partial charge is 0.255 e. The van der Waals surface area contributed by atoms with E-state index in [-0.39, 0.29) is 11.8 Å². The number of carbonyl (C=O) groups is 2. The molecule has 0 saturated carbocycles. The van der Waals surface area contributed by atoms with Crippen LogP contribution in [-0.4, -0.2) is 39.2 Å². The number of nitrogens with one attached hydrogen (secondary N) is 1. The number of nitrogens with zero attached hydrogens (tertiary/aromatic N) is 1. The van der Waals surface area contributed by atoms with Gasteiger partial charge in [-0.25, -0.2) is 0 Å². The van der Waals surface area contributed by atoms with Crippen LogP contribution in [-0.2, 0) is 9.53 Å². The molecule has 6 heteroatoms. The molecular weight excluding hydrogens is 320 g/mol. The van der Waals surface area contributed by atoms with Crippen molar-refractivity contribution >= 4 is 23.2 Å². The van der Waals surface area contributed by atoms with E-state index in [4.69, 9.17) is 9.47 Å². The van der Waals surface area contributed by atoms with Crippen molar-refractivity contribution in [3.05, 3.63) is 54.1 Å². The molecule has 0 aliphatic heterocycles. The van der Waals surface area contributed by atoms with Gasteiger partial charge in [-0.3, -0.25) is 9.59 Å². The number of rotatable bonds is 7. The third-order valence-corrected chi connectivity index (χ3v) is 3.64. The summed E-state index contributed by atoms with van der Waals surface area (Å²) in [7, 11) is 3.30. The van der Waals surface area contributed by atoms with Gasteiger partial charge in [-0.15, -0.1) is 0 Å². The van der Waals surface area contributed by atoms with Crippen LogP contribution in [0.3, 0.4) is 0 Å². The minimum Gasteiger partial charge on any atom is -0.491 e. The van der Waals surface area contributed by atoms with E-state index in [9.17, 15) is 9.59 Å². The fourth-order valence-electron chi connectivity index (χ4n) is 2.12. The molecule has 2 aromatic rings. The van der Waals surface area contributed by atoms with E-state index in [2.05, 4.69) is 5.32 Å². The third kappa shape index (κ3) is 5.32. The summed E-state index contributed by atoms with van der Waals surface area (Å²) in [5.41, 5.74) is 1.85. The first-order valence-corrected chi connectivity index (χ1v) is 7.89. The highest BCUT2D eigenvalue weighted by atomic mass is 16.5. The van der Waals surface area contributed by atoms with E-state index in [0.29, 0.717) is 35.9 Å². The maximum absolute atomic E-state index is 12.3. The normalized spacial score (nSPS) is 10.2. The summed E-state index contributed by atoms with van der Waals surface area (Å²) in [4.78, 5) is 25.3. The third-order valence-electron chi connectivity index (χ3n) is 3.64. The van der Waals surface area contributed by atoms with Crippen molar-refractivity contribution in [3.8, 4) is 5.75 Å². The highest BCUT2D eigenvalue weighted by molar-refractivity contribution is 6.04. The van der Waals surface area contributed by atoms with Crippen LogP contribution in [0.5, 0.6) is 5.75 Å². The van der Waals surface area contributed by atoms with Crippen molar-refractivity contribution in [1.29, 1.82) is 0 Å². The molecule has 0 fully saturated rings. The van der Waals surface area contributed by atoms with Gasteiger partial charge in [0.05, 0.1) is 6.61 Å². The molecule has 0 aliphatic carbocycles. The maximum atomic E-state index is 12.3. The number of carbonyl (C=O) groups excluding carboxylic acids is 2. The molecule has 25 heavy (non-hydrogen) atoms. The van der Waals surface area contributed by atoms with Crippen molar-refractivity contribution in [3.63, 3.8) is 0 Å². The van der Waals surface area contributed by atoms with Gasteiger partial charge in [-0.1, -0.05) is 6.07 Å². The van der Waals surface area contributed by atoms with Crippen molar-refractivity contribution in [2.75, 3.05) is 37.6 Å². The second-order valence-corrected chi connectivity index (χ2v) is 5.45. The molecule has 2 aromatic carbocycles. The van der Waals surface area contributed by atoms with Crippen molar-refractivity contribution in [2.45, 2.75) is 6.92 Å². The predicted octanol–water partition coefficient (Wildman–Crippen LogP) is 2.95. The lowest BCUT2D eigenvalue weighted by Gasteiger charge is -2.16. The second-order valence-electron chi connectivity index (χ2n) is 5.45. The molecule has 0 heterocycles. The van der Waals surface area contributed by atoms with Gasteiger partial charge in [0.1, 0.15) is 12.4 Å². The standard InChI is InChI=1S/C19H22N2O4/c1-14(22)21(2)17-6-4-5-16(13-17)20-19(23)15-7-9-18(10-8-15)25-12-11-24-3/h4-10,13H,11-12H2,1-3H3,(H,20,23). The Hall–Kier alpha value is -2.86. The summed E-state index contributed by atoms with van der Waals surface area (Å²) in [5.74, 6) is 0.372. The molecule has 0 aromatic heterocycles. The average Bonchev–Trinajstić information content (AvgIpc) is 2.62. The Morgan fingerprint density at radius 2 is 1.80 bits per heavy atom. The zero-order valence-electron chi connectivity index (χ0n) is 14.6. The predicted molar refractivity (Wildman–Crippen MR) is 97.3 cm³/mol. The minimum absolute atomic E-state index is 0.0764. The Morgan fingerprint density at radius 1 is 1.08 bits per heavy atom. The molecule has 0 unspecified atom stereocenters. The first-order valence-electron chi connectivity index (χ1n) is 7.89. The lowest BCUT2D eigenvalue weighted by atomic mass is 10.2. The van der Waals surface area contributed by atoms with Gasteiger partial charge in [0, 0.05) is 38.0 Å². The maximum Gasteiger partial charge on any atom is 0.255 e. The lowest BCUT2D eigenvalue weighted by molar-refractivity contribution is -0.116. The molecule has 2 rings (SSSR count). The zero-order valence-corrected chi connectivity index (χ0v) is 14.6. The Morgan fingerprint density at radius 3 is 2.44 bits per heavy atom. The Balaban J connectivity index is 2.02. The van der Waals surface area contributed by atoms with Crippen LogP contribution in [0, 0.1) is 0 Å². The Kier molecular flexibility index (Phi) is 6.54. The molecule has 0 spiro atoms. The fourth-order valence-corrected chi connectivity index (χ4v) is 2.12. The van der Waals surface area contributed by atoms with Crippen molar-refractivity contribution in [2.24, 2.45) is 0 Å². The molecule has 0 saturated heterocycles. The molecule has 0 atom stereocenters.